The molecule has 1 aromatic heterocycles. The first kappa shape index (κ1) is 12.6. The average molecular weight is 263 g/mol. The molecule has 1 fully saturated rings. The van der Waals surface area contributed by atoms with Crippen molar-refractivity contribution in [3.8, 4) is 0 Å². The van der Waals surface area contributed by atoms with Crippen LogP contribution in [0.5, 0.6) is 0 Å². The number of hydrogen-bond acceptors (Lipinski definition) is 4. The molecule has 1 saturated heterocycles. The average Bonchev–Trinajstić information content (AvgIpc) is 2.82. The molecule has 1 aliphatic rings. The summed E-state index contributed by atoms with van der Waals surface area (Å²) in [6, 6.07) is 4.60. The largest absolute Gasteiger partial charge is 0.356 e. The van der Waals surface area contributed by atoms with Crippen molar-refractivity contribution in [2.45, 2.75) is 12.8 Å². The second kappa shape index (κ2) is 5.67. The number of hydrogen-bond donors (Lipinski definition) is 1. The zero-order valence-electron chi connectivity index (χ0n) is 10.9. The number of aromatic nitrogens is 1. The van der Waals surface area contributed by atoms with Crippen LogP contribution in [-0.4, -0.2) is 42.8 Å². The Morgan fingerprint density at radius 2 is 2.16 bits per heavy atom. The molecule has 0 amide bonds. The van der Waals surface area contributed by atoms with E-state index in [9.17, 15) is 4.39 Å². The summed E-state index contributed by atoms with van der Waals surface area (Å²) in [6.07, 6.45) is 1.93. The number of halogens is 1. The molecule has 0 atom stereocenters. The van der Waals surface area contributed by atoms with E-state index in [1.165, 1.54) is 12.1 Å². The quantitative estimate of drug-likeness (QED) is 0.913. The topological polar surface area (TPSA) is 41.3 Å². The van der Waals surface area contributed by atoms with Crippen molar-refractivity contribution in [3.63, 3.8) is 0 Å². The van der Waals surface area contributed by atoms with Crippen LogP contribution in [0, 0.1) is 5.82 Å². The lowest BCUT2D eigenvalue weighted by Crippen LogP contribution is -2.43. The van der Waals surface area contributed by atoms with Crippen LogP contribution in [0.15, 0.2) is 22.7 Å². The van der Waals surface area contributed by atoms with Gasteiger partial charge < -0.3 is 14.7 Å². The Bertz CT molecular complexity index is 549. The lowest BCUT2D eigenvalue weighted by atomic mass is 10.1. The molecule has 5 heteroatoms. The molecule has 0 aliphatic carbocycles. The highest BCUT2D eigenvalue weighted by Gasteiger charge is 2.11. The summed E-state index contributed by atoms with van der Waals surface area (Å²) in [5.74, 6) is -0.281. The molecule has 4 nitrogen and oxygen atoms in total. The predicted molar refractivity (Wildman–Crippen MR) is 71.6 cm³/mol. The minimum Gasteiger partial charge on any atom is -0.356 e. The third kappa shape index (κ3) is 2.93. The molecule has 2 aromatic rings. The lowest BCUT2D eigenvalue weighted by molar-refractivity contribution is 0.238. The van der Waals surface area contributed by atoms with Gasteiger partial charge in [-0.1, -0.05) is 5.16 Å². The number of benzene rings is 1. The van der Waals surface area contributed by atoms with Crippen molar-refractivity contribution < 1.29 is 8.91 Å². The first-order chi connectivity index (χ1) is 9.33. The molecule has 1 aliphatic heterocycles. The van der Waals surface area contributed by atoms with Crippen LogP contribution >= 0.6 is 0 Å². The van der Waals surface area contributed by atoms with Gasteiger partial charge >= 0.3 is 0 Å². The zero-order chi connectivity index (χ0) is 13.1. The summed E-state index contributed by atoms with van der Waals surface area (Å²) in [5, 5.41) is 8.32. The van der Waals surface area contributed by atoms with Crippen LogP contribution in [0.3, 0.4) is 0 Å². The second-order valence-corrected chi connectivity index (χ2v) is 4.96. The van der Waals surface area contributed by atoms with Gasteiger partial charge in [-0.2, -0.15) is 0 Å². The van der Waals surface area contributed by atoms with E-state index < -0.39 is 0 Å². The van der Waals surface area contributed by atoms with Crippen molar-refractivity contribution in [2.24, 2.45) is 0 Å². The molecule has 3 rings (SSSR count). The van der Waals surface area contributed by atoms with Crippen LogP contribution < -0.4 is 5.32 Å². The van der Waals surface area contributed by atoms with Gasteiger partial charge in [-0.3, -0.25) is 0 Å². The van der Waals surface area contributed by atoms with E-state index in [0.29, 0.717) is 5.58 Å². The Balaban J connectivity index is 1.59. The highest BCUT2D eigenvalue weighted by molar-refractivity contribution is 5.79. The fraction of sp³-hybridized carbons (Fsp3) is 0.500. The zero-order valence-corrected chi connectivity index (χ0v) is 10.9. The van der Waals surface area contributed by atoms with Crippen molar-refractivity contribution in [2.75, 3.05) is 32.7 Å². The van der Waals surface area contributed by atoms with Gasteiger partial charge in [0.05, 0.1) is 5.69 Å². The Hall–Kier alpha value is -1.46. The minimum atomic E-state index is -0.281. The van der Waals surface area contributed by atoms with Crippen LogP contribution in [0.1, 0.15) is 12.1 Å². The van der Waals surface area contributed by atoms with Gasteiger partial charge in [0, 0.05) is 37.6 Å². The van der Waals surface area contributed by atoms with Gasteiger partial charge in [-0.15, -0.1) is 0 Å². The molecule has 102 valence electrons. The van der Waals surface area contributed by atoms with Crippen molar-refractivity contribution >= 4 is 11.0 Å². The second-order valence-electron chi connectivity index (χ2n) is 4.96. The van der Waals surface area contributed by atoms with Crippen molar-refractivity contribution in [3.05, 3.63) is 29.7 Å². The molecule has 2 heterocycles. The third-order valence-corrected chi connectivity index (χ3v) is 3.61. The van der Waals surface area contributed by atoms with E-state index in [1.807, 2.05) is 0 Å². The smallest absolute Gasteiger partial charge is 0.170 e. The first-order valence-corrected chi connectivity index (χ1v) is 6.80. The number of fused-ring (bicyclic) bond motifs is 1. The maximum absolute atomic E-state index is 13.0. The first-order valence-electron chi connectivity index (χ1n) is 6.80. The number of rotatable bonds is 4. The molecule has 1 aromatic carbocycles. The van der Waals surface area contributed by atoms with E-state index in [1.54, 1.807) is 6.07 Å². The van der Waals surface area contributed by atoms with Gasteiger partial charge in [-0.25, -0.2) is 4.39 Å². The van der Waals surface area contributed by atoms with Gasteiger partial charge in [0.15, 0.2) is 5.58 Å². The molecule has 0 bridgehead atoms. The fourth-order valence-electron chi connectivity index (χ4n) is 2.55. The summed E-state index contributed by atoms with van der Waals surface area (Å²) in [7, 11) is 0. The van der Waals surface area contributed by atoms with Crippen molar-refractivity contribution in [1.82, 2.24) is 15.4 Å². The summed E-state index contributed by atoms with van der Waals surface area (Å²) in [5.41, 5.74) is 1.47. The van der Waals surface area contributed by atoms with Crippen molar-refractivity contribution in [1.29, 1.82) is 0 Å². The van der Waals surface area contributed by atoms with Gasteiger partial charge in [0.2, 0.25) is 0 Å². The number of nitrogens with one attached hydrogen (secondary N) is 1. The molecular formula is C14H18FN3O. The number of piperazine rings is 1. The van der Waals surface area contributed by atoms with E-state index in [0.717, 1.165) is 56.6 Å². The van der Waals surface area contributed by atoms with Crippen LogP contribution in [0.2, 0.25) is 0 Å². The molecule has 1 N–H and O–H groups in total. The lowest BCUT2D eigenvalue weighted by Gasteiger charge is -2.26. The van der Waals surface area contributed by atoms with E-state index in [-0.39, 0.29) is 5.82 Å². The van der Waals surface area contributed by atoms with Crippen LogP contribution in [-0.2, 0) is 6.42 Å². The van der Waals surface area contributed by atoms with Crippen LogP contribution in [0.4, 0.5) is 4.39 Å². The summed E-state index contributed by atoms with van der Waals surface area (Å²) in [4.78, 5) is 2.46. The highest BCUT2D eigenvalue weighted by Crippen LogP contribution is 2.20. The Morgan fingerprint density at radius 1 is 1.32 bits per heavy atom. The summed E-state index contributed by atoms with van der Waals surface area (Å²) in [6.45, 7) is 5.46. The summed E-state index contributed by atoms with van der Waals surface area (Å²) >= 11 is 0. The summed E-state index contributed by atoms with van der Waals surface area (Å²) < 4.78 is 18.2. The molecule has 0 radical (unpaired) electrons. The number of nitrogens with zero attached hydrogens (tertiary/aromatic N) is 2. The molecule has 0 saturated carbocycles. The number of aryl methyl sites for hydroxylation is 1. The molecule has 0 unspecified atom stereocenters. The minimum absolute atomic E-state index is 0.281. The Kier molecular flexibility index (Phi) is 3.75. The van der Waals surface area contributed by atoms with E-state index in [4.69, 9.17) is 4.52 Å². The highest BCUT2D eigenvalue weighted by atomic mass is 19.1. The van der Waals surface area contributed by atoms with Gasteiger partial charge in [-0.05, 0) is 31.5 Å². The van der Waals surface area contributed by atoms with Gasteiger partial charge in [0.25, 0.3) is 0 Å². The Morgan fingerprint density at radius 3 is 3.00 bits per heavy atom. The molecule has 0 spiro atoms. The standard InChI is InChI=1S/C14H18FN3O/c15-11-3-4-12-13(17-19-14(12)10-11)2-1-7-18-8-5-16-6-9-18/h3-4,10,16H,1-2,5-9H2. The molecule has 19 heavy (non-hydrogen) atoms. The van der Waals surface area contributed by atoms with E-state index >= 15 is 0 Å². The van der Waals surface area contributed by atoms with Gasteiger partial charge in [0.1, 0.15) is 5.82 Å². The third-order valence-electron chi connectivity index (χ3n) is 3.61. The SMILES string of the molecule is Fc1ccc2c(CCCN3CCNCC3)noc2c1. The monoisotopic (exact) mass is 263 g/mol. The fourth-order valence-corrected chi connectivity index (χ4v) is 2.55. The normalized spacial score (nSPS) is 17.1. The molecular weight excluding hydrogens is 245 g/mol. The predicted octanol–water partition coefficient (Wildman–Crippen LogP) is 1.80. The van der Waals surface area contributed by atoms with Crippen LogP contribution in [0.25, 0.3) is 11.0 Å². The maximum atomic E-state index is 13.0. The maximum Gasteiger partial charge on any atom is 0.170 e. The Labute approximate surface area is 111 Å². The van der Waals surface area contributed by atoms with E-state index in [2.05, 4.69) is 15.4 Å².